The maximum absolute atomic E-state index is 12.5. The molecular formula is C18H16N8O. The molecule has 0 saturated carbocycles. The van der Waals surface area contributed by atoms with Crippen LogP contribution in [-0.4, -0.2) is 40.9 Å². The van der Waals surface area contributed by atoms with Gasteiger partial charge in [0.2, 0.25) is 0 Å². The van der Waals surface area contributed by atoms with Crippen molar-refractivity contribution in [3.05, 3.63) is 78.6 Å². The number of hydrogen-bond acceptors (Lipinski definition) is 6. The largest absolute Gasteiger partial charge is 0.346 e. The standard InChI is InChI=1S/C18H16N8O/c1-13(14-2-6-16(7-3-14)25-11-19-10-21-25)22-18(27)15-4-8-17(9-5-15)26-12-20-23-24-26/h2-13H,1H3,(H,22,27)/t13-/m0/s1. The van der Waals surface area contributed by atoms with E-state index in [2.05, 4.69) is 30.9 Å². The predicted molar refractivity (Wildman–Crippen MR) is 96.4 cm³/mol. The fourth-order valence-corrected chi connectivity index (χ4v) is 2.67. The van der Waals surface area contributed by atoms with Crippen LogP contribution >= 0.6 is 0 Å². The molecule has 1 amide bonds. The summed E-state index contributed by atoms with van der Waals surface area (Å²) in [6, 6.07) is 14.7. The van der Waals surface area contributed by atoms with Crippen LogP contribution in [0.3, 0.4) is 0 Å². The van der Waals surface area contributed by atoms with Crippen molar-refractivity contribution in [2.75, 3.05) is 0 Å². The van der Waals surface area contributed by atoms with Crippen LogP contribution in [0.1, 0.15) is 28.9 Å². The summed E-state index contributed by atoms with van der Waals surface area (Å²) in [7, 11) is 0. The molecule has 2 aromatic carbocycles. The van der Waals surface area contributed by atoms with Crippen LogP contribution in [0.2, 0.25) is 0 Å². The molecule has 2 aromatic heterocycles. The first kappa shape index (κ1) is 16.6. The second kappa shape index (κ2) is 7.16. The lowest BCUT2D eigenvalue weighted by atomic mass is 10.1. The average molecular weight is 360 g/mol. The summed E-state index contributed by atoms with van der Waals surface area (Å²) in [5, 5.41) is 18.1. The second-order valence-corrected chi connectivity index (χ2v) is 5.93. The Morgan fingerprint density at radius 2 is 1.67 bits per heavy atom. The summed E-state index contributed by atoms with van der Waals surface area (Å²) in [5.74, 6) is -0.147. The van der Waals surface area contributed by atoms with E-state index in [1.54, 1.807) is 35.3 Å². The zero-order chi connectivity index (χ0) is 18.6. The fourth-order valence-electron chi connectivity index (χ4n) is 2.67. The molecule has 4 aromatic rings. The van der Waals surface area contributed by atoms with Crippen molar-refractivity contribution in [2.45, 2.75) is 13.0 Å². The van der Waals surface area contributed by atoms with Crippen molar-refractivity contribution in [1.82, 2.24) is 40.3 Å². The lowest BCUT2D eigenvalue weighted by Crippen LogP contribution is -2.26. The number of aromatic nitrogens is 7. The minimum atomic E-state index is -0.147. The maximum atomic E-state index is 12.5. The molecule has 4 rings (SSSR count). The highest BCUT2D eigenvalue weighted by Gasteiger charge is 2.12. The van der Waals surface area contributed by atoms with Gasteiger partial charge in [0.1, 0.15) is 19.0 Å². The number of tetrazole rings is 1. The number of rotatable bonds is 5. The molecule has 0 bridgehead atoms. The molecule has 0 saturated heterocycles. The first-order valence-corrected chi connectivity index (χ1v) is 8.30. The van der Waals surface area contributed by atoms with Crippen LogP contribution in [-0.2, 0) is 0 Å². The molecule has 9 heteroatoms. The van der Waals surface area contributed by atoms with E-state index in [1.165, 1.54) is 17.3 Å². The number of carbonyl (C=O) groups excluding carboxylic acids is 1. The van der Waals surface area contributed by atoms with Crippen LogP contribution in [0, 0.1) is 0 Å². The van der Waals surface area contributed by atoms with E-state index in [0.29, 0.717) is 5.56 Å². The molecule has 0 aliphatic rings. The van der Waals surface area contributed by atoms with Gasteiger partial charge in [-0.1, -0.05) is 12.1 Å². The topological polar surface area (TPSA) is 103 Å². The third-order valence-corrected chi connectivity index (χ3v) is 4.17. The highest BCUT2D eigenvalue weighted by molar-refractivity contribution is 5.94. The Morgan fingerprint density at radius 3 is 2.30 bits per heavy atom. The zero-order valence-corrected chi connectivity index (χ0v) is 14.5. The van der Waals surface area contributed by atoms with E-state index in [0.717, 1.165) is 16.9 Å². The van der Waals surface area contributed by atoms with Crippen molar-refractivity contribution >= 4 is 5.91 Å². The van der Waals surface area contributed by atoms with Gasteiger partial charge in [0.05, 0.1) is 17.4 Å². The van der Waals surface area contributed by atoms with Gasteiger partial charge in [-0.15, -0.1) is 5.10 Å². The molecular weight excluding hydrogens is 344 g/mol. The fraction of sp³-hybridized carbons (Fsp3) is 0.111. The minimum Gasteiger partial charge on any atom is -0.346 e. The second-order valence-electron chi connectivity index (χ2n) is 5.93. The van der Waals surface area contributed by atoms with Crippen molar-refractivity contribution in [3.63, 3.8) is 0 Å². The van der Waals surface area contributed by atoms with Gasteiger partial charge < -0.3 is 5.32 Å². The lowest BCUT2D eigenvalue weighted by Gasteiger charge is -2.15. The first-order chi connectivity index (χ1) is 13.2. The SMILES string of the molecule is C[C@H](NC(=O)c1ccc(-n2cnnn2)cc1)c1ccc(-n2cncn2)cc1. The summed E-state index contributed by atoms with van der Waals surface area (Å²) in [6.45, 7) is 1.94. The van der Waals surface area contributed by atoms with Crippen LogP contribution in [0.25, 0.3) is 11.4 Å². The first-order valence-electron chi connectivity index (χ1n) is 8.30. The smallest absolute Gasteiger partial charge is 0.251 e. The molecule has 134 valence electrons. The number of amides is 1. The zero-order valence-electron chi connectivity index (χ0n) is 14.5. The van der Waals surface area contributed by atoms with Gasteiger partial charge in [-0.2, -0.15) is 5.10 Å². The minimum absolute atomic E-state index is 0.138. The van der Waals surface area contributed by atoms with Gasteiger partial charge in [0.15, 0.2) is 0 Å². The van der Waals surface area contributed by atoms with Gasteiger partial charge in [0, 0.05) is 5.56 Å². The van der Waals surface area contributed by atoms with Gasteiger partial charge in [-0.05, 0) is 59.3 Å². The van der Waals surface area contributed by atoms with E-state index in [-0.39, 0.29) is 11.9 Å². The Kier molecular flexibility index (Phi) is 4.40. The maximum Gasteiger partial charge on any atom is 0.251 e. The van der Waals surface area contributed by atoms with E-state index in [9.17, 15) is 4.79 Å². The molecule has 1 atom stereocenters. The number of carbonyl (C=O) groups is 1. The van der Waals surface area contributed by atoms with Crippen molar-refractivity contribution < 1.29 is 4.79 Å². The van der Waals surface area contributed by atoms with Crippen molar-refractivity contribution in [1.29, 1.82) is 0 Å². The molecule has 0 aliphatic heterocycles. The van der Waals surface area contributed by atoms with Crippen LogP contribution in [0.5, 0.6) is 0 Å². The van der Waals surface area contributed by atoms with Crippen LogP contribution in [0.4, 0.5) is 0 Å². The Hall–Kier alpha value is -3.88. The Bertz CT molecular complexity index is 1010. The van der Waals surface area contributed by atoms with E-state index in [1.807, 2.05) is 31.2 Å². The number of benzene rings is 2. The highest BCUT2D eigenvalue weighted by atomic mass is 16.1. The molecule has 0 aliphatic carbocycles. The summed E-state index contributed by atoms with van der Waals surface area (Å²) in [4.78, 5) is 16.4. The Labute approximate surface area is 154 Å². The lowest BCUT2D eigenvalue weighted by molar-refractivity contribution is 0.0940. The van der Waals surface area contributed by atoms with Crippen molar-refractivity contribution in [2.24, 2.45) is 0 Å². The summed E-state index contributed by atoms with van der Waals surface area (Å²) in [6.07, 6.45) is 4.63. The van der Waals surface area contributed by atoms with Gasteiger partial charge >= 0.3 is 0 Å². The third-order valence-electron chi connectivity index (χ3n) is 4.17. The van der Waals surface area contributed by atoms with E-state index < -0.39 is 0 Å². The number of hydrogen-bond donors (Lipinski definition) is 1. The van der Waals surface area contributed by atoms with Gasteiger partial charge in [-0.25, -0.2) is 14.3 Å². The Balaban J connectivity index is 1.43. The summed E-state index contributed by atoms with van der Waals surface area (Å²) >= 11 is 0. The molecule has 0 spiro atoms. The molecule has 0 radical (unpaired) electrons. The van der Waals surface area contributed by atoms with Crippen LogP contribution < -0.4 is 5.32 Å². The monoisotopic (exact) mass is 360 g/mol. The summed E-state index contributed by atoms with van der Waals surface area (Å²) in [5.41, 5.74) is 3.26. The Morgan fingerprint density at radius 1 is 0.963 bits per heavy atom. The van der Waals surface area contributed by atoms with Crippen LogP contribution in [0.15, 0.2) is 67.5 Å². The molecule has 9 nitrogen and oxygen atoms in total. The molecule has 27 heavy (non-hydrogen) atoms. The van der Waals surface area contributed by atoms with E-state index >= 15 is 0 Å². The molecule has 1 N–H and O–H groups in total. The highest BCUT2D eigenvalue weighted by Crippen LogP contribution is 2.16. The van der Waals surface area contributed by atoms with Gasteiger partial charge in [0.25, 0.3) is 5.91 Å². The number of nitrogens with zero attached hydrogens (tertiary/aromatic N) is 7. The number of nitrogens with one attached hydrogen (secondary N) is 1. The normalized spacial score (nSPS) is 11.9. The average Bonchev–Trinajstić information content (AvgIpc) is 3.42. The third kappa shape index (κ3) is 3.56. The molecule has 2 heterocycles. The molecule has 0 fully saturated rings. The predicted octanol–water partition coefficient (Wildman–Crippen LogP) is 1.73. The summed E-state index contributed by atoms with van der Waals surface area (Å²) < 4.78 is 3.21. The van der Waals surface area contributed by atoms with Gasteiger partial charge in [-0.3, -0.25) is 4.79 Å². The quantitative estimate of drug-likeness (QED) is 0.581. The van der Waals surface area contributed by atoms with Crippen molar-refractivity contribution in [3.8, 4) is 11.4 Å². The molecule has 0 unspecified atom stereocenters. The van der Waals surface area contributed by atoms with E-state index in [4.69, 9.17) is 0 Å².